The summed E-state index contributed by atoms with van der Waals surface area (Å²) >= 11 is 0. The second-order valence-electron chi connectivity index (χ2n) is 24.1. The van der Waals surface area contributed by atoms with Crippen molar-refractivity contribution in [3.8, 4) is 0 Å². The molecule has 0 N–H and O–H groups in total. The van der Waals surface area contributed by atoms with Crippen molar-refractivity contribution in [1.82, 2.24) is 0 Å². The minimum Gasteiger partial charge on any atom is -0.462 e. The first-order chi connectivity index (χ1) is 39.0. The minimum absolute atomic E-state index is 0.0689. The molecule has 0 fully saturated rings. The summed E-state index contributed by atoms with van der Waals surface area (Å²) in [5.41, 5.74) is 0. The summed E-state index contributed by atoms with van der Waals surface area (Å²) in [7, 11) is 0. The van der Waals surface area contributed by atoms with Crippen molar-refractivity contribution >= 4 is 17.9 Å². The lowest BCUT2D eigenvalue weighted by Gasteiger charge is -2.18. The van der Waals surface area contributed by atoms with Gasteiger partial charge < -0.3 is 14.2 Å². The average molecular weight is 1110 g/mol. The molecule has 0 spiro atoms. The molecule has 6 heteroatoms. The van der Waals surface area contributed by atoms with Gasteiger partial charge in [-0.1, -0.05) is 333 Å². The predicted molar refractivity (Wildman–Crippen MR) is 344 cm³/mol. The van der Waals surface area contributed by atoms with Crippen molar-refractivity contribution in [3.05, 3.63) is 36.5 Å². The lowest BCUT2D eigenvalue weighted by Crippen LogP contribution is -2.30. The molecule has 0 radical (unpaired) electrons. The van der Waals surface area contributed by atoms with Gasteiger partial charge in [0, 0.05) is 19.3 Å². The highest BCUT2D eigenvalue weighted by Crippen LogP contribution is 2.18. The molecule has 6 nitrogen and oxygen atoms in total. The van der Waals surface area contributed by atoms with Crippen molar-refractivity contribution in [2.45, 2.75) is 399 Å². The van der Waals surface area contributed by atoms with Gasteiger partial charge in [-0.05, 0) is 77.0 Å². The number of allylic oxidation sites excluding steroid dienone is 6. The summed E-state index contributed by atoms with van der Waals surface area (Å²) in [6.07, 6.45) is 84.6. The van der Waals surface area contributed by atoms with Crippen LogP contribution < -0.4 is 0 Å². The molecule has 0 aromatic rings. The largest absolute Gasteiger partial charge is 0.462 e. The molecule has 0 aromatic heterocycles. The van der Waals surface area contributed by atoms with Gasteiger partial charge in [0.05, 0.1) is 0 Å². The minimum atomic E-state index is -0.773. The molecule has 79 heavy (non-hydrogen) atoms. The average Bonchev–Trinajstić information content (AvgIpc) is 3.45. The fourth-order valence-electron chi connectivity index (χ4n) is 10.8. The third-order valence-electron chi connectivity index (χ3n) is 16.1. The van der Waals surface area contributed by atoms with Crippen LogP contribution in [0.3, 0.4) is 0 Å². The fourth-order valence-corrected chi connectivity index (χ4v) is 10.8. The Labute approximate surface area is 493 Å². The van der Waals surface area contributed by atoms with Crippen LogP contribution in [0, 0.1) is 0 Å². The highest BCUT2D eigenvalue weighted by atomic mass is 16.6. The van der Waals surface area contributed by atoms with E-state index in [2.05, 4.69) is 57.2 Å². The third-order valence-corrected chi connectivity index (χ3v) is 16.1. The van der Waals surface area contributed by atoms with E-state index in [1.807, 2.05) is 0 Å². The van der Waals surface area contributed by atoms with Crippen LogP contribution in [-0.4, -0.2) is 37.2 Å². The summed E-state index contributed by atoms with van der Waals surface area (Å²) in [5.74, 6) is -0.848. The van der Waals surface area contributed by atoms with Crippen molar-refractivity contribution in [2.24, 2.45) is 0 Å². The lowest BCUT2D eigenvalue weighted by molar-refractivity contribution is -0.167. The maximum atomic E-state index is 12.9. The summed E-state index contributed by atoms with van der Waals surface area (Å²) in [4.78, 5) is 38.4. The highest BCUT2D eigenvalue weighted by molar-refractivity contribution is 5.71. The van der Waals surface area contributed by atoms with E-state index in [9.17, 15) is 14.4 Å². The zero-order valence-electron chi connectivity index (χ0n) is 53.4. The molecule has 1 atom stereocenters. The van der Waals surface area contributed by atoms with Crippen LogP contribution in [-0.2, 0) is 28.6 Å². The Kier molecular flexibility index (Phi) is 66.1. The monoisotopic (exact) mass is 1110 g/mol. The van der Waals surface area contributed by atoms with Gasteiger partial charge in [0.2, 0.25) is 0 Å². The number of carbonyl (C=O) groups excluding carboxylic acids is 3. The number of hydrogen-bond donors (Lipinski definition) is 0. The number of ether oxygens (including phenoxy) is 3. The molecule has 0 aliphatic carbocycles. The molecule has 0 heterocycles. The summed E-state index contributed by atoms with van der Waals surface area (Å²) < 4.78 is 17.0. The summed E-state index contributed by atoms with van der Waals surface area (Å²) in [5, 5.41) is 0. The van der Waals surface area contributed by atoms with Gasteiger partial charge in [0.1, 0.15) is 13.2 Å². The first-order valence-electron chi connectivity index (χ1n) is 35.5. The van der Waals surface area contributed by atoms with E-state index in [1.165, 1.54) is 283 Å². The second-order valence-corrected chi connectivity index (χ2v) is 24.1. The molecule has 0 bridgehead atoms. The topological polar surface area (TPSA) is 78.9 Å². The standard InChI is InChI=1S/C73H136O6/c1-4-7-10-13-16-19-22-25-28-30-32-33-34-35-36-37-38-39-40-41-42-44-45-48-51-54-57-60-63-66-72(75)78-69-70(68-77-71(74)65-62-59-56-53-50-47-27-24-21-18-15-12-9-6-3)79-73(76)67-64-61-58-55-52-49-46-43-31-29-26-23-20-17-14-11-8-5-2/h22,24-25,27,30,32,70H,4-21,23,26,28-29,31,33-69H2,1-3H3/b25-22-,27-24-,32-30-. The molecule has 0 saturated carbocycles. The van der Waals surface area contributed by atoms with E-state index < -0.39 is 6.10 Å². The Morgan fingerprint density at radius 1 is 0.253 bits per heavy atom. The van der Waals surface area contributed by atoms with E-state index in [4.69, 9.17) is 14.2 Å². The zero-order chi connectivity index (χ0) is 57.1. The van der Waals surface area contributed by atoms with Gasteiger partial charge in [-0.15, -0.1) is 0 Å². The number of esters is 3. The maximum absolute atomic E-state index is 12.9. The molecule has 0 aliphatic heterocycles. The predicted octanol–water partition coefficient (Wildman–Crippen LogP) is 24.3. The van der Waals surface area contributed by atoms with E-state index in [0.29, 0.717) is 19.3 Å². The molecule has 0 amide bonds. The van der Waals surface area contributed by atoms with Crippen LogP contribution in [0.4, 0.5) is 0 Å². The van der Waals surface area contributed by atoms with Crippen LogP contribution in [0.25, 0.3) is 0 Å². The van der Waals surface area contributed by atoms with Gasteiger partial charge in [0.25, 0.3) is 0 Å². The molecule has 0 aromatic carbocycles. The van der Waals surface area contributed by atoms with E-state index in [1.54, 1.807) is 0 Å². The molecule has 1 unspecified atom stereocenters. The van der Waals surface area contributed by atoms with Gasteiger partial charge in [-0.3, -0.25) is 14.4 Å². The molecule has 0 aliphatic rings. The fraction of sp³-hybridized carbons (Fsp3) is 0.877. The van der Waals surface area contributed by atoms with Crippen molar-refractivity contribution in [2.75, 3.05) is 13.2 Å². The Morgan fingerprint density at radius 2 is 0.456 bits per heavy atom. The highest BCUT2D eigenvalue weighted by Gasteiger charge is 2.19. The first-order valence-corrected chi connectivity index (χ1v) is 35.5. The number of rotatable bonds is 66. The van der Waals surface area contributed by atoms with Crippen LogP contribution >= 0.6 is 0 Å². The smallest absolute Gasteiger partial charge is 0.306 e. The van der Waals surface area contributed by atoms with Crippen LogP contribution in [0.15, 0.2) is 36.5 Å². The van der Waals surface area contributed by atoms with Gasteiger partial charge >= 0.3 is 17.9 Å². The normalized spacial score (nSPS) is 12.2. The van der Waals surface area contributed by atoms with E-state index in [-0.39, 0.29) is 31.1 Å². The molecular formula is C73H136O6. The molecular weight excluding hydrogens is 973 g/mol. The lowest BCUT2D eigenvalue weighted by atomic mass is 10.0. The van der Waals surface area contributed by atoms with Gasteiger partial charge in [0.15, 0.2) is 6.10 Å². The number of carbonyl (C=O) groups is 3. The second kappa shape index (κ2) is 68.1. The van der Waals surface area contributed by atoms with Gasteiger partial charge in [-0.25, -0.2) is 0 Å². The zero-order valence-corrected chi connectivity index (χ0v) is 53.4. The van der Waals surface area contributed by atoms with Crippen LogP contribution in [0.2, 0.25) is 0 Å². The number of hydrogen-bond acceptors (Lipinski definition) is 6. The van der Waals surface area contributed by atoms with Crippen LogP contribution in [0.1, 0.15) is 393 Å². The molecule has 0 saturated heterocycles. The van der Waals surface area contributed by atoms with E-state index >= 15 is 0 Å². The molecule has 464 valence electrons. The Morgan fingerprint density at radius 3 is 0.709 bits per heavy atom. The Bertz CT molecular complexity index is 1320. The number of unbranched alkanes of at least 4 members (excludes halogenated alkanes) is 49. The first kappa shape index (κ1) is 76.6. The Balaban J connectivity index is 4.19. The Hall–Kier alpha value is -2.37. The van der Waals surface area contributed by atoms with Crippen LogP contribution in [0.5, 0.6) is 0 Å². The third kappa shape index (κ3) is 66.3. The van der Waals surface area contributed by atoms with Crippen molar-refractivity contribution < 1.29 is 28.6 Å². The SMILES string of the molecule is CCCCCCC/C=C\C/C=C\CCCCCCCCCCCCCCCCCCCC(=O)OCC(COC(=O)CCCCCCC/C=C\CCCCCCC)OC(=O)CCCCCCCCCCCCCCCCCCCC. The van der Waals surface area contributed by atoms with Crippen molar-refractivity contribution in [3.63, 3.8) is 0 Å². The summed E-state index contributed by atoms with van der Waals surface area (Å²) in [6, 6.07) is 0. The summed E-state index contributed by atoms with van der Waals surface area (Å²) in [6.45, 7) is 6.69. The van der Waals surface area contributed by atoms with Crippen molar-refractivity contribution in [1.29, 1.82) is 0 Å². The molecule has 0 rings (SSSR count). The van der Waals surface area contributed by atoms with Gasteiger partial charge in [-0.2, -0.15) is 0 Å². The maximum Gasteiger partial charge on any atom is 0.306 e. The van der Waals surface area contributed by atoms with E-state index in [0.717, 1.165) is 70.6 Å². The quantitative estimate of drug-likeness (QED) is 0.0261.